The van der Waals surface area contributed by atoms with Crippen LogP contribution in [-0.2, 0) is 52.7 Å². The monoisotopic (exact) mass is 486 g/mol. The van der Waals surface area contributed by atoms with Crippen LogP contribution in [0.25, 0.3) is 0 Å². The fourth-order valence-electron chi connectivity index (χ4n) is 2.14. The van der Waals surface area contributed by atoms with Crippen molar-refractivity contribution in [1.29, 1.82) is 0 Å². The molecule has 0 N–H and O–H groups in total. The molecule has 0 spiro atoms. The molecule has 4 amide bonds. The standard InChI is InChI=1S/C11H15NO6.C9H11NO6/c1-2-16-7-8-18-11(15)17-6-5-12-9(13)3-4-10(12)14;1-7(11)4-14-6-16-15-5-10-8(12)2-3-9(10)13/h3-4H,2,5-8H2,1H3;2-3H,4-6H2,1H3. The number of Topliss-reactive ketones (excluding diaryl/α,β-unsaturated/α-hetero) is 1. The zero-order chi connectivity index (χ0) is 25.3. The lowest BCUT2D eigenvalue weighted by molar-refractivity contribution is -0.346. The van der Waals surface area contributed by atoms with Gasteiger partial charge < -0.3 is 18.9 Å². The third kappa shape index (κ3) is 11.4. The number of ether oxygens (including phenoxy) is 4. The van der Waals surface area contributed by atoms with E-state index in [0.717, 1.165) is 22.0 Å². The predicted molar refractivity (Wildman–Crippen MR) is 109 cm³/mol. The Morgan fingerprint density at radius 1 is 0.765 bits per heavy atom. The Balaban J connectivity index is 0.000000342. The Kier molecular flexibility index (Phi) is 13.6. The molecule has 2 rings (SSSR count). The van der Waals surface area contributed by atoms with Gasteiger partial charge in [-0.2, -0.15) is 0 Å². The second kappa shape index (κ2) is 16.2. The molecule has 0 saturated heterocycles. The van der Waals surface area contributed by atoms with Gasteiger partial charge in [0.25, 0.3) is 23.6 Å². The first-order valence-corrected chi connectivity index (χ1v) is 10.0. The zero-order valence-corrected chi connectivity index (χ0v) is 18.8. The lowest BCUT2D eigenvalue weighted by Crippen LogP contribution is -2.33. The highest BCUT2D eigenvalue weighted by atomic mass is 17.2. The van der Waals surface area contributed by atoms with Crippen LogP contribution >= 0.6 is 0 Å². The molecule has 2 aliphatic heterocycles. The first kappa shape index (κ1) is 28.6. The van der Waals surface area contributed by atoms with Gasteiger partial charge in [0.05, 0.1) is 13.2 Å². The number of ketones is 1. The van der Waals surface area contributed by atoms with Crippen molar-refractivity contribution in [2.45, 2.75) is 13.8 Å². The third-order valence-electron chi connectivity index (χ3n) is 3.69. The van der Waals surface area contributed by atoms with Crippen LogP contribution in [0.5, 0.6) is 0 Å². The van der Waals surface area contributed by atoms with Crippen LogP contribution in [0.15, 0.2) is 24.3 Å². The highest BCUT2D eigenvalue weighted by Gasteiger charge is 2.24. The quantitative estimate of drug-likeness (QED) is 0.0772. The first-order chi connectivity index (χ1) is 16.3. The molecule has 188 valence electrons. The van der Waals surface area contributed by atoms with Gasteiger partial charge in [0.1, 0.15) is 19.8 Å². The molecule has 0 unspecified atom stereocenters. The van der Waals surface area contributed by atoms with Gasteiger partial charge in [-0.15, -0.1) is 0 Å². The summed E-state index contributed by atoms with van der Waals surface area (Å²) < 4.78 is 19.0. The molecular formula is C20H26N2O12. The molecule has 0 fully saturated rings. The van der Waals surface area contributed by atoms with Gasteiger partial charge in [-0.1, -0.05) is 0 Å². The van der Waals surface area contributed by atoms with E-state index < -0.39 is 29.8 Å². The van der Waals surface area contributed by atoms with Crippen molar-refractivity contribution < 1.29 is 57.5 Å². The van der Waals surface area contributed by atoms with Gasteiger partial charge in [-0.25, -0.2) is 19.5 Å². The summed E-state index contributed by atoms with van der Waals surface area (Å²) in [4.78, 5) is 76.6. The van der Waals surface area contributed by atoms with E-state index in [1.165, 1.54) is 19.1 Å². The Morgan fingerprint density at radius 3 is 1.88 bits per heavy atom. The minimum absolute atomic E-state index is 0.0191. The van der Waals surface area contributed by atoms with Gasteiger partial charge in [0.15, 0.2) is 19.3 Å². The van der Waals surface area contributed by atoms with Crippen molar-refractivity contribution in [1.82, 2.24) is 9.80 Å². The average Bonchev–Trinajstić information content (AvgIpc) is 3.29. The van der Waals surface area contributed by atoms with Gasteiger partial charge in [0.2, 0.25) is 0 Å². The Hall–Kier alpha value is -3.46. The summed E-state index contributed by atoms with van der Waals surface area (Å²) in [5.74, 6) is -1.88. The molecule has 0 aromatic carbocycles. The van der Waals surface area contributed by atoms with Crippen molar-refractivity contribution >= 4 is 35.6 Å². The molecule has 0 radical (unpaired) electrons. The zero-order valence-electron chi connectivity index (χ0n) is 18.8. The number of amides is 4. The molecular weight excluding hydrogens is 460 g/mol. The Labute approximate surface area is 194 Å². The maximum atomic E-state index is 11.1. The van der Waals surface area contributed by atoms with Gasteiger partial charge in [-0.3, -0.25) is 28.9 Å². The summed E-state index contributed by atoms with van der Waals surface area (Å²) in [7, 11) is 0. The smallest absolute Gasteiger partial charge is 0.432 e. The van der Waals surface area contributed by atoms with Crippen molar-refractivity contribution in [3.63, 3.8) is 0 Å². The molecule has 14 nitrogen and oxygen atoms in total. The third-order valence-corrected chi connectivity index (χ3v) is 3.69. The largest absolute Gasteiger partial charge is 0.508 e. The maximum absolute atomic E-state index is 11.1. The van der Waals surface area contributed by atoms with Crippen LogP contribution in [-0.4, -0.2) is 98.5 Å². The predicted octanol–water partition coefficient (Wildman–Crippen LogP) is -0.519. The number of nitrogens with zero attached hydrogens (tertiary/aromatic N) is 2. The van der Waals surface area contributed by atoms with Crippen LogP contribution in [0, 0.1) is 0 Å². The SMILES string of the molecule is CC(=O)COCOOCN1C(=O)C=CC1=O.CCOCCOC(=O)OCCN1C(=O)C=CC1=O. The normalized spacial score (nSPS) is 14.5. The number of imide groups is 2. The van der Waals surface area contributed by atoms with Crippen LogP contribution < -0.4 is 0 Å². The minimum Gasteiger partial charge on any atom is -0.432 e. The van der Waals surface area contributed by atoms with E-state index >= 15 is 0 Å². The number of carbonyl (C=O) groups is 6. The molecule has 0 saturated carbocycles. The van der Waals surface area contributed by atoms with E-state index in [1.807, 2.05) is 6.92 Å². The molecule has 0 aromatic heterocycles. The van der Waals surface area contributed by atoms with Crippen LogP contribution in [0.3, 0.4) is 0 Å². The van der Waals surface area contributed by atoms with E-state index in [2.05, 4.69) is 14.5 Å². The molecule has 14 heteroatoms. The van der Waals surface area contributed by atoms with Gasteiger partial charge in [-0.05, 0) is 13.8 Å². The maximum Gasteiger partial charge on any atom is 0.508 e. The summed E-state index contributed by atoms with van der Waals surface area (Å²) in [5, 5.41) is 0. The van der Waals surface area contributed by atoms with Crippen molar-refractivity contribution in [3.05, 3.63) is 24.3 Å². The molecule has 2 aliphatic rings. The summed E-state index contributed by atoms with van der Waals surface area (Å²) in [6.45, 7) is 3.45. The summed E-state index contributed by atoms with van der Waals surface area (Å²) in [5.41, 5.74) is 0. The van der Waals surface area contributed by atoms with Crippen LogP contribution in [0.4, 0.5) is 4.79 Å². The average molecular weight is 486 g/mol. The lowest BCUT2D eigenvalue weighted by atomic mass is 10.5. The van der Waals surface area contributed by atoms with E-state index in [4.69, 9.17) is 14.2 Å². The van der Waals surface area contributed by atoms with Crippen LogP contribution in [0.1, 0.15) is 13.8 Å². The van der Waals surface area contributed by atoms with E-state index in [0.29, 0.717) is 13.2 Å². The van der Waals surface area contributed by atoms with E-state index in [-0.39, 0.29) is 45.7 Å². The van der Waals surface area contributed by atoms with Crippen molar-refractivity contribution in [2.24, 2.45) is 0 Å². The molecule has 34 heavy (non-hydrogen) atoms. The van der Waals surface area contributed by atoms with Gasteiger partial charge in [0, 0.05) is 30.9 Å². The molecule has 0 aromatic rings. The number of rotatable bonds is 14. The van der Waals surface area contributed by atoms with Crippen molar-refractivity contribution in [3.8, 4) is 0 Å². The molecule has 0 atom stereocenters. The number of carbonyl (C=O) groups excluding carboxylic acids is 6. The second-order valence-corrected chi connectivity index (χ2v) is 6.28. The number of hydrogen-bond donors (Lipinski definition) is 0. The van der Waals surface area contributed by atoms with E-state index in [1.54, 1.807) is 0 Å². The molecule has 0 bridgehead atoms. The summed E-state index contributed by atoms with van der Waals surface area (Å²) in [6, 6.07) is 0. The van der Waals surface area contributed by atoms with Crippen LogP contribution in [0.2, 0.25) is 0 Å². The fraction of sp³-hybridized carbons (Fsp3) is 0.500. The highest BCUT2D eigenvalue weighted by molar-refractivity contribution is 6.13. The van der Waals surface area contributed by atoms with Gasteiger partial charge >= 0.3 is 6.16 Å². The fourth-order valence-corrected chi connectivity index (χ4v) is 2.14. The summed E-state index contributed by atoms with van der Waals surface area (Å²) >= 11 is 0. The number of hydrogen-bond acceptors (Lipinski definition) is 12. The highest BCUT2D eigenvalue weighted by Crippen LogP contribution is 2.03. The first-order valence-electron chi connectivity index (χ1n) is 10.0. The molecule has 0 aliphatic carbocycles. The van der Waals surface area contributed by atoms with E-state index in [9.17, 15) is 28.8 Å². The van der Waals surface area contributed by atoms with Crippen molar-refractivity contribution in [2.75, 3.05) is 53.1 Å². The second-order valence-electron chi connectivity index (χ2n) is 6.28. The summed E-state index contributed by atoms with van der Waals surface area (Å²) in [6.07, 6.45) is 3.77. The molecule has 2 heterocycles. The topological polar surface area (TPSA) is 164 Å². The Bertz CT molecular complexity index is 771. The Morgan fingerprint density at radius 2 is 1.32 bits per heavy atom. The lowest BCUT2D eigenvalue weighted by Gasteiger charge is -2.13. The minimum atomic E-state index is -0.846.